The number of amides is 1. The highest BCUT2D eigenvalue weighted by Gasteiger charge is 2.11. The second kappa shape index (κ2) is 6.02. The van der Waals surface area contributed by atoms with Crippen LogP contribution in [0.5, 0.6) is 0 Å². The van der Waals surface area contributed by atoms with Crippen LogP contribution in [0.3, 0.4) is 0 Å². The maximum Gasteiger partial charge on any atom is 0.251 e. The fourth-order valence-electron chi connectivity index (χ4n) is 1.80. The number of hydrogen-bond donors (Lipinski definition) is 1. The van der Waals surface area contributed by atoms with E-state index in [0.717, 1.165) is 10.0 Å². The van der Waals surface area contributed by atoms with Crippen molar-refractivity contribution >= 4 is 21.8 Å². The van der Waals surface area contributed by atoms with Crippen LogP contribution in [-0.2, 0) is 6.54 Å². The van der Waals surface area contributed by atoms with Crippen LogP contribution >= 0.6 is 15.9 Å². The number of halogens is 1. The first kappa shape index (κ1) is 13.8. The summed E-state index contributed by atoms with van der Waals surface area (Å²) in [6, 6.07) is 5.65. The number of imidazole rings is 1. The molecule has 1 heterocycles. The van der Waals surface area contributed by atoms with Gasteiger partial charge in [0.2, 0.25) is 0 Å². The first-order valence-electron chi connectivity index (χ1n) is 6.09. The van der Waals surface area contributed by atoms with E-state index in [-0.39, 0.29) is 11.9 Å². The molecular weight excluding hydrogens is 306 g/mol. The molecule has 0 saturated heterocycles. The number of carbonyl (C=O) groups is 1. The minimum Gasteiger partial charge on any atom is -0.348 e. The van der Waals surface area contributed by atoms with Gasteiger partial charge in [-0.25, -0.2) is 4.98 Å². The molecule has 4 nitrogen and oxygen atoms in total. The number of aryl methyl sites for hydroxylation is 1. The van der Waals surface area contributed by atoms with Crippen molar-refractivity contribution in [2.75, 3.05) is 0 Å². The number of hydrogen-bond acceptors (Lipinski definition) is 2. The van der Waals surface area contributed by atoms with Gasteiger partial charge >= 0.3 is 0 Å². The molecule has 0 fully saturated rings. The zero-order valence-corrected chi connectivity index (χ0v) is 12.5. The van der Waals surface area contributed by atoms with Gasteiger partial charge < -0.3 is 9.88 Å². The summed E-state index contributed by atoms with van der Waals surface area (Å²) in [7, 11) is 0. The summed E-state index contributed by atoms with van der Waals surface area (Å²) in [5.41, 5.74) is 1.78. The van der Waals surface area contributed by atoms with Crippen molar-refractivity contribution in [1.29, 1.82) is 0 Å². The summed E-state index contributed by atoms with van der Waals surface area (Å²) < 4.78 is 2.89. The molecule has 0 saturated carbocycles. The number of nitrogens with one attached hydrogen (secondary N) is 1. The van der Waals surface area contributed by atoms with Gasteiger partial charge in [-0.15, -0.1) is 0 Å². The average molecular weight is 322 g/mol. The lowest BCUT2D eigenvalue weighted by Gasteiger charge is -2.14. The van der Waals surface area contributed by atoms with Crippen molar-refractivity contribution in [3.63, 3.8) is 0 Å². The molecule has 1 atom stereocenters. The molecule has 0 spiro atoms. The van der Waals surface area contributed by atoms with Crippen LogP contribution < -0.4 is 5.32 Å². The Morgan fingerprint density at radius 3 is 2.95 bits per heavy atom. The van der Waals surface area contributed by atoms with Gasteiger partial charge in [0.25, 0.3) is 5.91 Å². The maximum absolute atomic E-state index is 12.1. The quantitative estimate of drug-likeness (QED) is 0.941. The zero-order chi connectivity index (χ0) is 13.8. The predicted octanol–water partition coefficient (Wildman–Crippen LogP) is 2.77. The number of carbonyl (C=O) groups excluding carboxylic acids is 1. The van der Waals surface area contributed by atoms with E-state index in [4.69, 9.17) is 0 Å². The van der Waals surface area contributed by atoms with Crippen LogP contribution in [0, 0.1) is 6.92 Å². The Hall–Kier alpha value is -1.62. The minimum atomic E-state index is -0.0617. The minimum absolute atomic E-state index is 0.0433. The molecule has 19 heavy (non-hydrogen) atoms. The van der Waals surface area contributed by atoms with Gasteiger partial charge in [0.1, 0.15) is 0 Å². The summed E-state index contributed by atoms with van der Waals surface area (Å²) in [5, 5.41) is 2.97. The van der Waals surface area contributed by atoms with Gasteiger partial charge in [0.15, 0.2) is 0 Å². The van der Waals surface area contributed by atoms with E-state index in [1.807, 2.05) is 42.8 Å². The molecule has 0 radical (unpaired) electrons. The smallest absolute Gasteiger partial charge is 0.251 e. The third-order valence-corrected chi connectivity index (χ3v) is 3.71. The SMILES string of the molecule is Cc1ccc(C(=O)NC(C)Cn2ccnc2)cc1Br. The second-order valence-corrected chi connectivity index (χ2v) is 5.45. The van der Waals surface area contributed by atoms with Gasteiger partial charge in [-0.2, -0.15) is 0 Å². The molecule has 0 aliphatic carbocycles. The highest BCUT2D eigenvalue weighted by Crippen LogP contribution is 2.17. The molecule has 0 aliphatic heterocycles. The molecule has 2 rings (SSSR count). The molecule has 1 amide bonds. The number of aromatic nitrogens is 2. The molecule has 1 N–H and O–H groups in total. The first-order chi connectivity index (χ1) is 9.06. The van der Waals surface area contributed by atoms with E-state index in [1.54, 1.807) is 12.5 Å². The highest BCUT2D eigenvalue weighted by molar-refractivity contribution is 9.10. The Morgan fingerprint density at radius 2 is 2.32 bits per heavy atom. The first-order valence-corrected chi connectivity index (χ1v) is 6.88. The van der Waals surface area contributed by atoms with E-state index in [2.05, 4.69) is 26.2 Å². The molecule has 2 aromatic rings. The number of nitrogens with zero attached hydrogens (tertiary/aromatic N) is 2. The van der Waals surface area contributed by atoms with Crippen molar-refractivity contribution in [3.05, 3.63) is 52.5 Å². The zero-order valence-electron chi connectivity index (χ0n) is 10.9. The summed E-state index contributed by atoms with van der Waals surface area (Å²) in [4.78, 5) is 16.1. The molecule has 1 aromatic carbocycles. The maximum atomic E-state index is 12.1. The lowest BCUT2D eigenvalue weighted by molar-refractivity contribution is 0.0936. The Morgan fingerprint density at radius 1 is 1.53 bits per heavy atom. The van der Waals surface area contributed by atoms with Crippen molar-refractivity contribution in [2.45, 2.75) is 26.4 Å². The van der Waals surface area contributed by atoms with Crippen LogP contribution in [0.15, 0.2) is 41.4 Å². The molecular formula is C14H16BrN3O. The number of rotatable bonds is 4. The fraction of sp³-hybridized carbons (Fsp3) is 0.286. The highest BCUT2D eigenvalue weighted by atomic mass is 79.9. The summed E-state index contributed by atoms with van der Waals surface area (Å²) >= 11 is 3.44. The molecule has 0 aliphatic rings. The van der Waals surface area contributed by atoms with Crippen LogP contribution in [0.1, 0.15) is 22.8 Å². The van der Waals surface area contributed by atoms with Gasteiger partial charge in [0.05, 0.1) is 6.33 Å². The Balaban J connectivity index is 1.98. The Bertz CT molecular complexity index is 566. The van der Waals surface area contributed by atoms with E-state index >= 15 is 0 Å². The van der Waals surface area contributed by atoms with Gasteiger partial charge in [-0.3, -0.25) is 4.79 Å². The molecule has 0 bridgehead atoms. The number of benzene rings is 1. The van der Waals surface area contributed by atoms with Crippen LogP contribution in [-0.4, -0.2) is 21.5 Å². The lowest BCUT2D eigenvalue weighted by atomic mass is 10.1. The molecule has 1 aromatic heterocycles. The summed E-state index contributed by atoms with van der Waals surface area (Å²) in [6.07, 6.45) is 5.35. The van der Waals surface area contributed by atoms with Crippen molar-refractivity contribution in [3.8, 4) is 0 Å². The van der Waals surface area contributed by atoms with Gasteiger partial charge in [0, 0.05) is 35.0 Å². The molecule has 5 heteroatoms. The second-order valence-electron chi connectivity index (χ2n) is 4.60. The summed E-state index contributed by atoms with van der Waals surface area (Å²) in [6.45, 7) is 4.67. The third-order valence-electron chi connectivity index (χ3n) is 2.86. The monoisotopic (exact) mass is 321 g/mol. The van der Waals surface area contributed by atoms with Crippen molar-refractivity contribution < 1.29 is 4.79 Å². The molecule has 1 unspecified atom stereocenters. The normalized spacial score (nSPS) is 12.2. The fourth-order valence-corrected chi connectivity index (χ4v) is 2.18. The predicted molar refractivity (Wildman–Crippen MR) is 78.0 cm³/mol. The largest absolute Gasteiger partial charge is 0.348 e. The summed E-state index contributed by atoms with van der Waals surface area (Å²) in [5.74, 6) is -0.0617. The Labute approximate surface area is 121 Å². The van der Waals surface area contributed by atoms with Crippen molar-refractivity contribution in [2.24, 2.45) is 0 Å². The van der Waals surface area contributed by atoms with Crippen molar-refractivity contribution in [1.82, 2.24) is 14.9 Å². The van der Waals surface area contributed by atoms with E-state index in [1.165, 1.54) is 0 Å². The lowest BCUT2D eigenvalue weighted by Crippen LogP contribution is -2.35. The van der Waals surface area contributed by atoms with E-state index < -0.39 is 0 Å². The van der Waals surface area contributed by atoms with E-state index in [9.17, 15) is 4.79 Å². The molecule has 100 valence electrons. The Kier molecular flexibility index (Phi) is 4.37. The van der Waals surface area contributed by atoms with Crippen LogP contribution in [0.25, 0.3) is 0 Å². The van der Waals surface area contributed by atoms with E-state index in [0.29, 0.717) is 12.1 Å². The van der Waals surface area contributed by atoms with Crippen LogP contribution in [0.2, 0.25) is 0 Å². The topological polar surface area (TPSA) is 46.9 Å². The average Bonchev–Trinajstić information content (AvgIpc) is 2.85. The third kappa shape index (κ3) is 3.67. The van der Waals surface area contributed by atoms with Crippen LogP contribution in [0.4, 0.5) is 0 Å². The standard InChI is InChI=1S/C14H16BrN3O/c1-10-3-4-12(7-13(10)15)14(19)17-11(2)8-18-6-5-16-9-18/h3-7,9,11H,8H2,1-2H3,(H,17,19). The van der Waals surface area contributed by atoms with Gasteiger partial charge in [-0.05, 0) is 31.5 Å². The van der Waals surface area contributed by atoms with Gasteiger partial charge in [-0.1, -0.05) is 22.0 Å².